The Hall–Kier alpha value is -2.82. The second kappa shape index (κ2) is 8.46. The normalized spacial score (nSPS) is 12.1. The fourth-order valence-corrected chi connectivity index (χ4v) is 4.13. The number of hydrogen-bond acceptors (Lipinski definition) is 7. The highest BCUT2D eigenvalue weighted by Crippen LogP contribution is 2.31. The number of rotatable bonds is 7. The van der Waals surface area contributed by atoms with Gasteiger partial charge in [0.15, 0.2) is 5.84 Å². The first-order chi connectivity index (χ1) is 13.5. The van der Waals surface area contributed by atoms with Crippen molar-refractivity contribution in [2.75, 3.05) is 13.7 Å². The molecule has 0 spiro atoms. The molecule has 0 bridgehead atoms. The Balaban J connectivity index is 2.13. The van der Waals surface area contributed by atoms with E-state index in [0.29, 0.717) is 17.3 Å². The van der Waals surface area contributed by atoms with Crippen molar-refractivity contribution in [3.8, 4) is 22.0 Å². The van der Waals surface area contributed by atoms with E-state index < -0.39 is 10.0 Å². The first-order valence-corrected chi connectivity index (χ1v) is 10.7. The molecule has 0 unspecified atom stereocenters. The highest BCUT2D eigenvalue weighted by atomic mass is 32.2. The molecule has 28 heavy (non-hydrogen) atoms. The maximum absolute atomic E-state index is 12.5. The number of oxime groups is 1. The predicted molar refractivity (Wildman–Crippen MR) is 109 cm³/mol. The topological polar surface area (TPSA) is 120 Å². The molecule has 0 saturated heterocycles. The third kappa shape index (κ3) is 4.19. The van der Waals surface area contributed by atoms with Crippen molar-refractivity contribution in [2.45, 2.75) is 11.8 Å². The van der Waals surface area contributed by atoms with Gasteiger partial charge in [0.25, 0.3) is 0 Å². The number of sulfonamides is 1. The van der Waals surface area contributed by atoms with Crippen LogP contribution in [-0.4, -0.2) is 37.9 Å². The summed E-state index contributed by atoms with van der Waals surface area (Å²) in [5.41, 5.74) is 8.06. The molecule has 3 N–H and O–H groups in total. The minimum Gasteiger partial charge on any atom is -0.394 e. The summed E-state index contributed by atoms with van der Waals surface area (Å²) in [4.78, 5) is 13.9. The molecule has 0 aliphatic carbocycles. The lowest BCUT2D eigenvalue weighted by molar-refractivity contribution is 0.158. The number of nitrogens with two attached hydrogens (primary N) is 1. The van der Waals surface area contributed by atoms with Crippen molar-refractivity contribution in [3.63, 3.8) is 0 Å². The monoisotopic (exact) mass is 417 g/mol. The summed E-state index contributed by atoms with van der Waals surface area (Å²) in [6.45, 7) is 2.13. The van der Waals surface area contributed by atoms with Crippen LogP contribution in [0.25, 0.3) is 22.0 Å². The molecule has 3 rings (SSSR count). The van der Waals surface area contributed by atoms with Gasteiger partial charge in [0.2, 0.25) is 10.0 Å². The molecule has 0 amide bonds. The van der Waals surface area contributed by atoms with Crippen LogP contribution in [0.5, 0.6) is 0 Å². The highest BCUT2D eigenvalue weighted by molar-refractivity contribution is 7.89. The van der Waals surface area contributed by atoms with E-state index in [9.17, 15) is 8.42 Å². The van der Waals surface area contributed by atoms with E-state index in [0.717, 1.165) is 11.3 Å². The number of pyridine rings is 1. The minimum absolute atomic E-state index is 0.0110. The molecule has 2 aromatic heterocycles. The Kier molecular flexibility index (Phi) is 6.02. The zero-order valence-electron chi connectivity index (χ0n) is 15.3. The number of hydrogen-bond donors (Lipinski definition) is 2. The van der Waals surface area contributed by atoms with E-state index in [2.05, 4.69) is 19.8 Å². The van der Waals surface area contributed by atoms with Gasteiger partial charge < -0.3 is 10.6 Å². The first-order valence-electron chi connectivity index (χ1n) is 8.38. The third-order valence-electron chi connectivity index (χ3n) is 3.75. The van der Waals surface area contributed by atoms with Gasteiger partial charge in [-0.05, 0) is 26.1 Å². The molecule has 0 radical (unpaired) electrons. The van der Waals surface area contributed by atoms with Gasteiger partial charge in [-0.2, -0.15) is 0 Å². The summed E-state index contributed by atoms with van der Waals surface area (Å²) in [7, 11) is -2.41. The summed E-state index contributed by atoms with van der Waals surface area (Å²) in [5, 5.41) is 6.07. The molecule has 0 atom stereocenters. The number of amidine groups is 1. The fraction of sp³-hybridized carbons (Fsp3) is 0.167. The van der Waals surface area contributed by atoms with Crippen molar-refractivity contribution in [1.82, 2.24) is 14.7 Å². The van der Waals surface area contributed by atoms with E-state index in [-0.39, 0.29) is 16.4 Å². The lowest BCUT2D eigenvalue weighted by Crippen LogP contribution is -2.22. The number of aromatic nitrogens is 2. The van der Waals surface area contributed by atoms with Gasteiger partial charge in [-0.1, -0.05) is 35.5 Å². The molecule has 0 aliphatic rings. The van der Waals surface area contributed by atoms with Gasteiger partial charge >= 0.3 is 0 Å². The summed E-state index contributed by atoms with van der Waals surface area (Å²) in [6.07, 6.45) is 0. The van der Waals surface area contributed by atoms with E-state index >= 15 is 0 Å². The first kappa shape index (κ1) is 19.9. The van der Waals surface area contributed by atoms with Gasteiger partial charge in [-0.3, -0.25) is 0 Å². The van der Waals surface area contributed by atoms with Crippen LogP contribution in [0.2, 0.25) is 0 Å². The van der Waals surface area contributed by atoms with E-state index in [1.54, 1.807) is 6.92 Å². The Bertz CT molecular complexity index is 1100. The van der Waals surface area contributed by atoms with Crippen LogP contribution in [0.4, 0.5) is 0 Å². The third-order valence-corrected chi connectivity index (χ3v) is 6.04. The van der Waals surface area contributed by atoms with Crippen molar-refractivity contribution in [2.24, 2.45) is 10.9 Å². The van der Waals surface area contributed by atoms with Crippen molar-refractivity contribution < 1.29 is 13.3 Å². The number of thiazole rings is 1. The molecule has 10 heteroatoms. The molecule has 146 valence electrons. The quantitative estimate of drug-likeness (QED) is 0.346. The average Bonchev–Trinajstić information content (AvgIpc) is 3.22. The molecular formula is C18H19N5O3S2. The molecule has 8 nitrogen and oxygen atoms in total. The van der Waals surface area contributed by atoms with Crippen LogP contribution in [0.1, 0.15) is 12.6 Å². The van der Waals surface area contributed by atoms with Crippen molar-refractivity contribution in [1.29, 1.82) is 0 Å². The number of benzene rings is 1. The van der Waals surface area contributed by atoms with Crippen molar-refractivity contribution >= 4 is 27.2 Å². The maximum Gasteiger partial charge on any atom is 0.242 e. The van der Waals surface area contributed by atoms with Gasteiger partial charge in [0, 0.05) is 10.9 Å². The molecule has 3 aromatic rings. The molecule has 0 aliphatic heterocycles. The minimum atomic E-state index is -3.75. The predicted octanol–water partition coefficient (Wildman–Crippen LogP) is 2.44. The second-order valence-electron chi connectivity index (χ2n) is 5.55. The van der Waals surface area contributed by atoms with Crippen molar-refractivity contribution in [3.05, 3.63) is 53.5 Å². The van der Waals surface area contributed by atoms with Gasteiger partial charge in [-0.15, -0.1) is 11.3 Å². The Morgan fingerprint density at radius 2 is 1.96 bits per heavy atom. The summed E-state index contributed by atoms with van der Waals surface area (Å²) >= 11 is 1.30. The van der Waals surface area contributed by atoms with E-state index in [1.165, 1.54) is 30.5 Å². The van der Waals surface area contributed by atoms with Gasteiger partial charge in [-0.25, -0.2) is 23.1 Å². The molecule has 0 fully saturated rings. The summed E-state index contributed by atoms with van der Waals surface area (Å²) < 4.78 is 27.2. The number of nitrogens with one attached hydrogen (secondary N) is 1. The molecule has 0 saturated carbocycles. The summed E-state index contributed by atoms with van der Waals surface area (Å²) in [6, 6.07) is 12.5. The Morgan fingerprint density at radius 3 is 2.64 bits per heavy atom. The SMILES string of the molecule is CCO/N=C(\N)c1ccc(S(=O)(=O)NC)c(-c2nc(-c3ccccc3)cs2)n1. The maximum atomic E-state index is 12.5. The van der Waals surface area contributed by atoms with Crippen LogP contribution < -0.4 is 10.5 Å². The molecular weight excluding hydrogens is 398 g/mol. The van der Waals surface area contributed by atoms with E-state index in [4.69, 9.17) is 10.6 Å². The second-order valence-corrected chi connectivity index (χ2v) is 8.26. The highest BCUT2D eigenvalue weighted by Gasteiger charge is 2.23. The molecule has 2 heterocycles. The van der Waals surface area contributed by atoms with Crippen LogP contribution in [0.15, 0.2) is 57.9 Å². The smallest absolute Gasteiger partial charge is 0.242 e. The Morgan fingerprint density at radius 1 is 1.21 bits per heavy atom. The van der Waals surface area contributed by atoms with Crippen LogP contribution in [0, 0.1) is 0 Å². The van der Waals surface area contributed by atoms with Crippen LogP contribution >= 0.6 is 11.3 Å². The summed E-state index contributed by atoms with van der Waals surface area (Å²) in [5.74, 6) is 0.0522. The number of nitrogens with zero attached hydrogens (tertiary/aromatic N) is 3. The van der Waals surface area contributed by atoms with Crippen LogP contribution in [0.3, 0.4) is 0 Å². The average molecular weight is 418 g/mol. The van der Waals surface area contributed by atoms with E-state index in [1.807, 2.05) is 35.7 Å². The van der Waals surface area contributed by atoms with Crippen LogP contribution in [-0.2, 0) is 14.9 Å². The lowest BCUT2D eigenvalue weighted by atomic mass is 10.2. The largest absolute Gasteiger partial charge is 0.394 e. The lowest BCUT2D eigenvalue weighted by Gasteiger charge is -2.09. The zero-order chi connectivity index (χ0) is 20.1. The van der Waals surface area contributed by atoms with Gasteiger partial charge in [0.1, 0.15) is 27.9 Å². The zero-order valence-corrected chi connectivity index (χ0v) is 16.9. The fourth-order valence-electron chi connectivity index (χ4n) is 2.37. The van der Waals surface area contributed by atoms with Gasteiger partial charge in [0.05, 0.1) is 5.69 Å². The standard InChI is InChI=1S/C18H19N5O3S2/c1-3-26-23-17(19)13-9-10-15(28(24,25)20-2)16(21-13)18-22-14(11-27-18)12-7-5-4-6-8-12/h4-11,20H,3H2,1-2H3,(H2,19,23). The molecule has 1 aromatic carbocycles. The Labute approximate surface area is 167 Å².